The van der Waals surface area contributed by atoms with E-state index < -0.39 is 0 Å². The van der Waals surface area contributed by atoms with Crippen molar-refractivity contribution in [2.75, 3.05) is 25.0 Å². The summed E-state index contributed by atoms with van der Waals surface area (Å²) >= 11 is 6.01. The first kappa shape index (κ1) is 13.2. The van der Waals surface area contributed by atoms with E-state index in [0.29, 0.717) is 16.6 Å². The van der Waals surface area contributed by atoms with Crippen LogP contribution < -0.4 is 5.32 Å². The fraction of sp³-hybridized carbons (Fsp3) is 0.500. The van der Waals surface area contributed by atoms with Gasteiger partial charge in [-0.25, -0.2) is 0 Å². The smallest absolute Gasteiger partial charge is 0.101 e. The Hall–Kier alpha value is -1.24. The van der Waals surface area contributed by atoms with Crippen LogP contribution in [0.25, 0.3) is 0 Å². The number of benzene rings is 1. The van der Waals surface area contributed by atoms with Crippen molar-refractivity contribution in [3.63, 3.8) is 0 Å². The third kappa shape index (κ3) is 2.95. The Kier molecular flexibility index (Phi) is 4.46. The number of likely N-dealkylation sites (N-methyl/N-ethyl adjacent to an activating group) is 1. The number of nitriles is 1. The number of hydrogen-bond acceptors (Lipinski definition) is 3. The van der Waals surface area contributed by atoms with Crippen molar-refractivity contribution in [1.82, 2.24) is 4.90 Å². The maximum Gasteiger partial charge on any atom is 0.101 e. The average Bonchev–Trinajstić information content (AvgIpc) is 2.84. The summed E-state index contributed by atoms with van der Waals surface area (Å²) in [5.74, 6) is 0. The molecule has 0 spiro atoms. The van der Waals surface area contributed by atoms with Crippen LogP contribution in [0.2, 0.25) is 5.02 Å². The van der Waals surface area contributed by atoms with E-state index >= 15 is 0 Å². The van der Waals surface area contributed by atoms with Crippen LogP contribution in [0.15, 0.2) is 18.2 Å². The van der Waals surface area contributed by atoms with Gasteiger partial charge >= 0.3 is 0 Å². The largest absolute Gasteiger partial charge is 0.383 e. The molecular formula is C14H18ClN3. The van der Waals surface area contributed by atoms with Crippen molar-refractivity contribution < 1.29 is 0 Å². The Balaban J connectivity index is 1.94. The first-order chi connectivity index (χ1) is 8.74. The molecule has 0 bridgehead atoms. The van der Waals surface area contributed by atoms with E-state index in [1.807, 2.05) is 12.1 Å². The van der Waals surface area contributed by atoms with Gasteiger partial charge in [0.1, 0.15) is 6.07 Å². The van der Waals surface area contributed by atoms with Crippen LogP contribution in [0, 0.1) is 11.3 Å². The molecule has 0 radical (unpaired) electrons. The summed E-state index contributed by atoms with van der Waals surface area (Å²) in [6.07, 6.45) is 2.54. The summed E-state index contributed by atoms with van der Waals surface area (Å²) in [7, 11) is 0. The molecule has 3 nitrogen and oxygen atoms in total. The van der Waals surface area contributed by atoms with Crippen molar-refractivity contribution in [2.24, 2.45) is 0 Å². The fourth-order valence-corrected chi connectivity index (χ4v) is 2.72. The molecule has 2 rings (SSSR count). The monoisotopic (exact) mass is 263 g/mol. The second-order valence-corrected chi connectivity index (χ2v) is 5.02. The summed E-state index contributed by atoms with van der Waals surface area (Å²) < 4.78 is 0. The maximum absolute atomic E-state index is 8.82. The standard InChI is InChI=1S/C14H18ClN3/c1-2-18-7-3-4-13(18)10-17-12-6-5-11(9-16)14(15)8-12/h5-6,8,13,17H,2-4,7,10H2,1H3. The highest BCUT2D eigenvalue weighted by molar-refractivity contribution is 6.32. The number of nitrogens with one attached hydrogen (secondary N) is 1. The zero-order valence-electron chi connectivity index (χ0n) is 10.6. The minimum absolute atomic E-state index is 0.515. The Morgan fingerprint density at radius 1 is 1.56 bits per heavy atom. The molecule has 1 aliphatic rings. The summed E-state index contributed by atoms with van der Waals surface area (Å²) in [6.45, 7) is 5.46. The number of halogens is 1. The summed E-state index contributed by atoms with van der Waals surface area (Å²) in [5, 5.41) is 12.7. The predicted molar refractivity (Wildman–Crippen MR) is 74.9 cm³/mol. The van der Waals surface area contributed by atoms with Crippen LogP contribution >= 0.6 is 11.6 Å². The zero-order chi connectivity index (χ0) is 13.0. The highest BCUT2D eigenvalue weighted by atomic mass is 35.5. The Morgan fingerprint density at radius 2 is 2.39 bits per heavy atom. The molecule has 1 aromatic carbocycles. The van der Waals surface area contributed by atoms with Crippen molar-refractivity contribution in [2.45, 2.75) is 25.8 Å². The van der Waals surface area contributed by atoms with Crippen molar-refractivity contribution in [3.8, 4) is 6.07 Å². The van der Waals surface area contributed by atoms with Crippen LogP contribution in [0.5, 0.6) is 0 Å². The third-order valence-corrected chi connectivity index (χ3v) is 3.85. The topological polar surface area (TPSA) is 39.1 Å². The summed E-state index contributed by atoms with van der Waals surface area (Å²) in [5.41, 5.74) is 1.51. The lowest BCUT2D eigenvalue weighted by Gasteiger charge is -2.23. The lowest BCUT2D eigenvalue weighted by Crippen LogP contribution is -2.34. The highest BCUT2D eigenvalue weighted by Crippen LogP contribution is 2.22. The van der Waals surface area contributed by atoms with Gasteiger partial charge in [-0.15, -0.1) is 0 Å². The number of hydrogen-bond donors (Lipinski definition) is 1. The number of anilines is 1. The highest BCUT2D eigenvalue weighted by Gasteiger charge is 2.22. The molecule has 96 valence electrons. The van der Waals surface area contributed by atoms with Gasteiger partial charge < -0.3 is 5.32 Å². The molecule has 1 saturated heterocycles. The summed E-state index contributed by atoms with van der Waals surface area (Å²) in [6, 6.07) is 8.18. The van der Waals surface area contributed by atoms with E-state index in [-0.39, 0.29) is 0 Å². The molecule has 1 heterocycles. The van der Waals surface area contributed by atoms with E-state index in [2.05, 4.69) is 23.2 Å². The molecular weight excluding hydrogens is 246 g/mol. The van der Waals surface area contributed by atoms with Gasteiger partial charge in [-0.1, -0.05) is 18.5 Å². The molecule has 1 fully saturated rings. The van der Waals surface area contributed by atoms with Gasteiger partial charge in [-0.3, -0.25) is 4.90 Å². The SMILES string of the molecule is CCN1CCCC1CNc1ccc(C#N)c(Cl)c1. The molecule has 1 unspecified atom stereocenters. The van der Waals surface area contributed by atoms with Gasteiger partial charge in [0.05, 0.1) is 10.6 Å². The van der Waals surface area contributed by atoms with Gasteiger partial charge in [-0.2, -0.15) is 5.26 Å². The molecule has 4 heteroatoms. The van der Waals surface area contributed by atoms with Crippen LogP contribution in [0.1, 0.15) is 25.3 Å². The van der Waals surface area contributed by atoms with Crippen molar-refractivity contribution in [3.05, 3.63) is 28.8 Å². The zero-order valence-corrected chi connectivity index (χ0v) is 11.4. The van der Waals surface area contributed by atoms with E-state index in [0.717, 1.165) is 18.8 Å². The average molecular weight is 264 g/mol. The molecule has 0 aliphatic carbocycles. The Labute approximate surface area is 113 Å². The van der Waals surface area contributed by atoms with Crippen molar-refractivity contribution >= 4 is 17.3 Å². The third-order valence-electron chi connectivity index (χ3n) is 3.54. The van der Waals surface area contributed by atoms with Crippen molar-refractivity contribution in [1.29, 1.82) is 5.26 Å². The molecule has 1 atom stereocenters. The Bertz CT molecular complexity index is 453. The van der Waals surface area contributed by atoms with Gasteiger partial charge in [0.15, 0.2) is 0 Å². The first-order valence-electron chi connectivity index (χ1n) is 6.42. The fourth-order valence-electron chi connectivity index (χ4n) is 2.49. The number of likely N-dealkylation sites (tertiary alicyclic amines) is 1. The van der Waals surface area contributed by atoms with Crippen LogP contribution in [0.3, 0.4) is 0 Å². The molecule has 1 aliphatic heterocycles. The molecule has 1 aromatic rings. The molecule has 0 aromatic heterocycles. The molecule has 0 saturated carbocycles. The normalized spacial score (nSPS) is 19.7. The van der Waals surface area contributed by atoms with Gasteiger partial charge in [0, 0.05) is 18.3 Å². The maximum atomic E-state index is 8.82. The Morgan fingerprint density at radius 3 is 3.06 bits per heavy atom. The minimum Gasteiger partial charge on any atom is -0.383 e. The second kappa shape index (κ2) is 6.08. The number of nitrogens with zero attached hydrogens (tertiary/aromatic N) is 2. The van der Waals surface area contributed by atoms with Gasteiger partial charge in [0.25, 0.3) is 0 Å². The van der Waals surface area contributed by atoms with E-state index in [4.69, 9.17) is 16.9 Å². The first-order valence-corrected chi connectivity index (χ1v) is 6.80. The molecule has 18 heavy (non-hydrogen) atoms. The van der Waals surface area contributed by atoms with E-state index in [1.54, 1.807) is 6.07 Å². The number of rotatable bonds is 4. The quantitative estimate of drug-likeness (QED) is 0.907. The van der Waals surface area contributed by atoms with Crippen LogP contribution in [-0.4, -0.2) is 30.6 Å². The van der Waals surface area contributed by atoms with E-state index in [9.17, 15) is 0 Å². The van der Waals surface area contributed by atoms with Crippen LogP contribution in [0.4, 0.5) is 5.69 Å². The second-order valence-electron chi connectivity index (χ2n) is 4.61. The molecule has 1 N–H and O–H groups in total. The van der Waals surface area contributed by atoms with Gasteiger partial charge in [-0.05, 0) is 44.1 Å². The lowest BCUT2D eigenvalue weighted by atomic mass is 10.2. The van der Waals surface area contributed by atoms with Gasteiger partial charge in [0.2, 0.25) is 0 Å². The van der Waals surface area contributed by atoms with Crippen LogP contribution in [-0.2, 0) is 0 Å². The predicted octanol–water partition coefficient (Wildman–Crippen LogP) is 3.11. The lowest BCUT2D eigenvalue weighted by molar-refractivity contribution is 0.277. The molecule has 0 amide bonds. The summed E-state index contributed by atoms with van der Waals surface area (Å²) in [4.78, 5) is 2.50. The van der Waals surface area contributed by atoms with E-state index in [1.165, 1.54) is 19.4 Å². The minimum atomic E-state index is 0.515.